The van der Waals surface area contributed by atoms with Crippen molar-refractivity contribution in [2.45, 2.75) is 36.9 Å². The molecule has 1 aliphatic carbocycles. The lowest BCUT2D eigenvalue weighted by molar-refractivity contribution is -0.402. The second kappa shape index (κ2) is 5.15. The van der Waals surface area contributed by atoms with Gasteiger partial charge in [-0.15, -0.1) is 11.6 Å². The van der Waals surface area contributed by atoms with Gasteiger partial charge < -0.3 is 23.7 Å². The fraction of sp³-hybridized carbons (Fsp3) is 0.929. The molecule has 0 N–H and O–H groups in total. The highest BCUT2D eigenvalue weighted by molar-refractivity contribution is 6.36. The number of ether oxygens (including phenoxy) is 5. The topological polar surface area (TPSA) is 63.2 Å². The molecule has 6 nitrogen and oxygen atoms in total. The Morgan fingerprint density at radius 1 is 1.29 bits per heavy atom. The Labute approximate surface area is 128 Å². The normalized spacial score (nSPS) is 44.1. The Balaban J connectivity index is 2.17. The molecule has 0 unspecified atom stereocenters. The van der Waals surface area contributed by atoms with Crippen LogP contribution in [0.5, 0.6) is 0 Å². The Kier molecular flexibility index (Phi) is 3.83. The molecule has 2 aliphatic heterocycles. The van der Waals surface area contributed by atoms with Gasteiger partial charge in [-0.25, -0.2) is 0 Å². The van der Waals surface area contributed by atoms with E-state index in [0.29, 0.717) is 26.2 Å². The smallest absolute Gasteiger partial charge is 0.291 e. The monoisotopic (exact) mass is 320 g/mol. The van der Waals surface area contributed by atoms with Crippen LogP contribution in [-0.2, 0) is 28.5 Å². The molecule has 0 radical (unpaired) electrons. The summed E-state index contributed by atoms with van der Waals surface area (Å²) in [4.78, 5) is 11.3. The van der Waals surface area contributed by atoms with Gasteiger partial charge in [-0.05, 0) is 20.3 Å². The average Bonchev–Trinajstić information content (AvgIpc) is 2.92. The molecule has 1 saturated carbocycles. The maximum absolute atomic E-state index is 12.6. The van der Waals surface area contributed by atoms with Crippen molar-refractivity contribution in [1.82, 2.24) is 0 Å². The first-order chi connectivity index (χ1) is 9.99. The van der Waals surface area contributed by atoms with Crippen molar-refractivity contribution in [3.05, 3.63) is 0 Å². The number of hydrogen-bond acceptors (Lipinski definition) is 6. The van der Waals surface area contributed by atoms with E-state index in [0.717, 1.165) is 0 Å². The lowest BCUT2D eigenvalue weighted by Crippen LogP contribution is -2.61. The zero-order chi connectivity index (χ0) is 15.3. The largest absolute Gasteiger partial charge is 0.348 e. The van der Waals surface area contributed by atoms with Crippen molar-refractivity contribution in [3.8, 4) is 0 Å². The number of rotatable bonds is 5. The van der Waals surface area contributed by atoms with Crippen LogP contribution in [0.15, 0.2) is 0 Å². The summed E-state index contributed by atoms with van der Waals surface area (Å²) < 4.78 is 28.8. The molecule has 21 heavy (non-hydrogen) atoms. The first-order valence-electron chi connectivity index (χ1n) is 7.33. The first-order valence-corrected chi connectivity index (χ1v) is 7.70. The van der Waals surface area contributed by atoms with E-state index in [4.69, 9.17) is 35.3 Å². The van der Waals surface area contributed by atoms with Gasteiger partial charge in [0.2, 0.25) is 5.79 Å². The van der Waals surface area contributed by atoms with Gasteiger partial charge >= 0.3 is 0 Å². The van der Waals surface area contributed by atoms with Crippen LogP contribution in [0, 0.1) is 11.8 Å². The number of halogens is 1. The summed E-state index contributed by atoms with van der Waals surface area (Å²) >= 11 is 6.76. The molecule has 2 saturated heterocycles. The molecule has 7 heteroatoms. The zero-order valence-electron chi connectivity index (χ0n) is 12.5. The first kappa shape index (κ1) is 15.6. The third kappa shape index (κ3) is 1.81. The molecule has 0 amide bonds. The number of alkyl halides is 1. The summed E-state index contributed by atoms with van der Waals surface area (Å²) in [5.41, 5.74) is 0. The summed E-state index contributed by atoms with van der Waals surface area (Å²) in [5, 5.41) is 0. The second-order valence-corrected chi connectivity index (χ2v) is 6.25. The summed E-state index contributed by atoms with van der Waals surface area (Å²) in [5.74, 6) is -3.28. The molecule has 0 aromatic rings. The quantitative estimate of drug-likeness (QED) is 0.562. The predicted molar refractivity (Wildman–Crippen MR) is 72.8 cm³/mol. The van der Waals surface area contributed by atoms with Crippen LogP contribution in [0.4, 0.5) is 0 Å². The number of carbonyl (C=O) groups is 1. The van der Waals surface area contributed by atoms with E-state index in [1.165, 1.54) is 7.11 Å². The second-order valence-electron chi connectivity index (χ2n) is 5.61. The zero-order valence-corrected chi connectivity index (χ0v) is 13.3. The number of carbonyl (C=O) groups excluding carboxylic acids is 1. The number of ketones is 1. The van der Waals surface area contributed by atoms with Gasteiger partial charge in [0.1, 0.15) is 12.5 Å². The number of hydrogen-bond donors (Lipinski definition) is 0. The van der Waals surface area contributed by atoms with Gasteiger partial charge in [0.15, 0.2) is 10.7 Å². The van der Waals surface area contributed by atoms with Gasteiger partial charge in [0.05, 0.1) is 6.61 Å². The fourth-order valence-electron chi connectivity index (χ4n) is 4.01. The van der Waals surface area contributed by atoms with Crippen molar-refractivity contribution >= 4 is 17.4 Å². The van der Waals surface area contributed by atoms with Crippen LogP contribution >= 0.6 is 11.6 Å². The summed E-state index contributed by atoms with van der Waals surface area (Å²) in [6.07, 6.45) is 0.437. The minimum absolute atomic E-state index is 0.00944. The Bertz CT molecular complexity index is 437. The van der Waals surface area contributed by atoms with Crippen LogP contribution in [0.2, 0.25) is 0 Å². The highest BCUT2D eigenvalue weighted by Gasteiger charge is 2.79. The van der Waals surface area contributed by atoms with Gasteiger partial charge in [0, 0.05) is 26.2 Å². The van der Waals surface area contributed by atoms with Gasteiger partial charge in [-0.2, -0.15) is 0 Å². The van der Waals surface area contributed by atoms with Gasteiger partial charge in [-0.1, -0.05) is 0 Å². The van der Waals surface area contributed by atoms with Crippen LogP contribution < -0.4 is 0 Å². The van der Waals surface area contributed by atoms with E-state index in [1.807, 2.05) is 13.8 Å². The molecule has 0 aromatic heterocycles. The molecule has 3 rings (SSSR count). The maximum Gasteiger partial charge on any atom is 0.291 e. The van der Waals surface area contributed by atoms with Crippen molar-refractivity contribution < 1.29 is 28.5 Å². The maximum atomic E-state index is 12.6. The minimum Gasteiger partial charge on any atom is -0.348 e. The summed E-state index contributed by atoms with van der Waals surface area (Å²) in [6.45, 7) is 4.65. The fourth-order valence-corrected chi connectivity index (χ4v) is 4.49. The molecule has 0 aromatic carbocycles. The number of Topliss-reactive ketones (excluding diaryl/α,β-unsaturated/α-hetero) is 1. The third-order valence-corrected chi connectivity index (χ3v) is 5.33. The predicted octanol–water partition coefficient (Wildman–Crippen LogP) is 1.30. The minimum atomic E-state index is -1.34. The molecule has 3 fully saturated rings. The highest BCUT2D eigenvalue weighted by Crippen LogP contribution is 2.63. The Hall–Kier alpha value is -0.240. The molecule has 3 aliphatic rings. The SMILES string of the molecule is CCOC1(OCC)[C@H]2[C@@H]3CO[C@@]2(OC)OCC(=O)[C@@]1(Cl)C3. The molecular weight excluding hydrogens is 300 g/mol. The molecule has 120 valence electrons. The van der Waals surface area contributed by atoms with E-state index in [2.05, 4.69) is 0 Å². The molecule has 4 atom stereocenters. The lowest BCUT2D eigenvalue weighted by Gasteiger charge is -2.44. The lowest BCUT2D eigenvalue weighted by atomic mass is 9.90. The third-order valence-electron chi connectivity index (χ3n) is 4.70. The van der Waals surface area contributed by atoms with E-state index < -0.39 is 22.6 Å². The molecule has 2 heterocycles. The number of methoxy groups -OCH3 is 1. The van der Waals surface area contributed by atoms with Crippen molar-refractivity contribution in [2.75, 3.05) is 33.5 Å². The van der Waals surface area contributed by atoms with Crippen LogP contribution in [0.1, 0.15) is 20.3 Å². The van der Waals surface area contributed by atoms with Crippen LogP contribution in [0.25, 0.3) is 0 Å². The van der Waals surface area contributed by atoms with Crippen LogP contribution in [-0.4, -0.2) is 56.0 Å². The Morgan fingerprint density at radius 3 is 2.52 bits per heavy atom. The summed E-state index contributed by atoms with van der Waals surface area (Å²) in [6, 6.07) is 0. The van der Waals surface area contributed by atoms with E-state index in [1.54, 1.807) is 0 Å². The van der Waals surface area contributed by atoms with Gasteiger partial charge in [-0.3, -0.25) is 4.79 Å². The Morgan fingerprint density at radius 2 is 1.95 bits per heavy atom. The number of fused-ring (bicyclic) bond motifs is 1. The standard InChI is InChI=1S/C14H21ClO6/c1-4-18-13(19-5-2)11-9-6-12(13,15)10(16)8-21-14(11,17-3)20-7-9/h9,11H,4-8H2,1-3H3/t9-,11+,12-,14+/m0/s1. The summed E-state index contributed by atoms with van der Waals surface area (Å²) in [7, 11) is 1.50. The molecule has 0 spiro atoms. The molecular formula is C14H21ClO6. The van der Waals surface area contributed by atoms with Crippen molar-refractivity contribution in [1.29, 1.82) is 0 Å². The van der Waals surface area contributed by atoms with Crippen molar-refractivity contribution in [3.63, 3.8) is 0 Å². The van der Waals surface area contributed by atoms with Crippen molar-refractivity contribution in [2.24, 2.45) is 11.8 Å². The van der Waals surface area contributed by atoms with Crippen LogP contribution in [0.3, 0.4) is 0 Å². The average molecular weight is 321 g/mol. The molecule has 2 bridgehead atoms. The highest BCUT2D eigenvalue weighted by atomic mass is 35.5. The van der Waals surface area contributed by atoms with E-state index in [9.17, 15) is 4.79 Å². The van der Waals surface area contributed by atoms with E-state index in [-0.39, 0.29) is 18.3 Å². The van der Waals surface area contributed by atoms with E-state index >= 15 is 0 Å². The van der Waals surface area contributed by atoms with Gasteiger partial charge in [0.25, 0.3) is 5.97 Å².